The number of pyridine rings is 1. The van der Waals surface area contributed by atoms with Crippen LogP contribution in [0, 0.1) is 0 Å². The molecule has 3 heteroatoms. The molecule has 0 saturated carbocycles. The average Bonchev–Trinajstić information content (AvgIpc) is 2.23. The topological polar surface area (TPSA) is 22.1 Å². The fraction of sp³-hybridized carbons (Fsp3) is 0. The van der Waals surface area contributed by atoms with E-state index in [-0.39, 0.29) is 0 Å². The fourth-order valence-corrected chi connectivity index (χ4v) is 1.17. The van der Waals surface area contributed by atoms with Crippen molar-refractivity contribution >= 4 is 11.6 Å². The van der Waals surface area contributed by atoms with Crippen LogP contribution in [0.15, 0.2) is 48.8 Å². The number of rotatable bonds is 2. The molecule has 14 heavy (non-hydrogen) atoms. The smallest absolute Gasteiger partial charge is 0.145 e. The third kappa shape index (κ3) is 2.24. The Hall–Kier alpha value is -1.54. The van der Waals surface area contributed by atoms with Gasteiger partial charge in [0.05, 0.1) is 6.20 Å². The Kier molecular flexibility index (Phi) is 2.65. The van der Waals surface area contributed by atoms with Gasteiger partial charge in [0.2, 0.25) is 0 Å². The lowest BCUT2D eigenvalue weighted by Gasteiger charge is -2.03. The highest BCUT2D eigenvalue weighted by atomic mass is 35.5. The van der Waals surface area contributed by atoms with Crippen LogP contribution in [-0.4, -0.2) is 4.98 Å². The second kappa shape index (κ2) is 4.11. The number of hydrogen-bond acceptors (Lipinski definition) is 2. The Bertz CT molecular complexity index is 399. The zero-order valence-electron chi connectivity index (χ0n) is 7.35. The summed E-state index contributed by atoms with van der Waals surface area (Å²) in [5.41, 5.74) is 0. The van der Waals surface area contributed by atoms with E-state index < -0.39 is 0 Å². The van der Waals surface area contributed by atoms with Crippen LogP contribution in [0.25, 0.3) is 0 Å². The predicted octanol–water partition coefficient (Wildman–Crippen LogP) is 3.53. The Labute approximate surface area is 87.1 Å². The standard InChI is InChI=1S/C11H8ClNO/c12-9-3-5-10(6-4-9)14-11-2-1-7-13-8-11/h1-8H. The molecule has 0 saturated heterocycles. The van der Waals surface area contributed by atoms with E-state index in [0.29, 0.717) is 5.02 Å². The molecule has 0 bridgehead atoms. The molecule has 0 atom stereocenters. The molecule has 0 aliphatic rings. The molecule has 1 aromatic heterocycles. The van der Waals surface area contributed by atoms with E-state index in [0.717, 1.165) is 11.5 Å². The first-order valence-electron chi connectivity index (χ1n) is 4.18. The normalized spacial score (nSPS) is 9.79. The second-order valence-electron chi connectivity index (χ2n) is 2.74. The third-order valence-corrected chi connectivity index (χ3v) is 1.94. The van der Waals surface area contributed by atoms with Crippen molar-refractivity contribution in [2.45, 2.75) is 0 Å². The van der Waals surface area contributed by atoms with Crippen molar-refractivity contribution < 1.29 is 4.74 Å². The van der Waals surface area contributed by atoms with Crippen LogP contribution in [0.3, 0.4) is 0 Å². The first kappa shape index (κ1) is 9.03. The van der Waals surface area contributed by atoms with Gasteiger partial charge in [-0.25, -0.2) is 0 Å². The van der Waals surface area contributed by atoms with Gasteiger partial charge in [-0.2, -0.15) is 0 Å². The van der Waals surface area contributed by atoms with Crippen molar-refractivity contribution in [3.63, 3.8) is 0 Å². The van der Waals surface area contributed by atoms with Crippen molar-refractivity contribution in [3.05, 3.63) is 53.8 Å². The van der Waals surface area contributed by atoms with Crippen LogP contribution in [-0.2, 0) is 0 Å². The second-order valence-corrected chi connectivity index (χ2v) is 3.18. The molecule has 1 heterocycles. The molecule has 0 fully saturated rings. The predicted molar refractivity (Wildman–Crippen MR) is 55.8 cm³/mol. The fourth-order valence-electron chi connectivity index (χ4n) is 1.05. The van der Waals surface area contributed by atoms with E-state index in [2.05, 4.69) is 4.98 Å². The van der Waals surface area contributed by atoms with E-state index in [4.69, 9.17) is 16.3 Å². The molecule has 70 valence electrons. The zero-order valence-corrected chi connectivity index (χ0v) is 8.11. The van der Waals surface area contributed by atoms with Crippen LogP contribution in [0.2, 0.25) is 5.02 Å². The van der Waals surface area contributed by atoms with Crippen LogP contribution >= 0.6 is 11.6 Å². The highest BCUT2D eigenvalue weighted by molar-refractivity contribution is 6.30. The molecule has 0 spiro atoms. The van der Waals surface area contributed by atoms with Crippen molar-refractivity contribution in [2.24, 2.45) is 0 Å². The molecule has 2 rings (SSSR count). The maximum absolute atomic E-state index is 5.75. The van der Waals surface area contributed by atoms with Crippen LogP contribution in [0.1, 0.15) is 0 Å². The lowest BCUT2D eigenvalue weighted by atomic mass is 10.3. The molecule has 0 radical (unpaired) electrons. The summed E-state index contributed by atoms with van der Waals surface area (Å²) in [6, 6.07) is 10.9. The Balaban J connectivity index is 2.16. The summed E-state index contributed by atoms with van der Waals surface area (Å²) in [5, 5.41) is 0.698. The van der Waals surface area contributed by atoms with E-state index in [1.54, 1.807) is 24.5 Å². The van der Waals surface area contributed by atoms with E-state index >= 15 is 0 Å². The van der Waals surface area contributed by atoms with Crippen molar-refractivity contribution in [2.75, 3.05) is 0 Å². The highest BCUT2D eigenvalue weighted by Gasteiger charge is 1.95. The molecule has 1 aromatic carbocycles. The molecule has 0 unspecified atom stereocenters. The largest absolute Gasteiger partial charge is 0.456 e. The number of aromatic nitrogens is 1. The van der Waals surface area contributed by atoms with Gasteiger partial charge >= 0.3 is 0 Å². The third-order valence-electron chi connectivity index (χ3n) is 1.68. The summed E-state index contributed by atoms with van der Waals surface area (Å²) >= 11 is 5.75. The van der Waals surface area contributed by atoms with Crippen molar-refractivity contribution in [1.29, 1.82) is 0 Å². The number of halogens is 1. The van der Waals surface area contributed by atoms with Gasteiger partial charge in [-0.3, -0.25) is 4.98 Å². The molecule has 0 N–H and O–H groups in total. The van der Waals surface area contributed by atoms with Gasteiger partial charge in [-0.15, -0.1) is 0 Å². The summed E-state index contributed by atoms with van der Waals surface area (Å²) in [4.78, 5) is 3.95. The first-order chi connectivity index (χ1) is 6.84. The molecular weight excluding hydrogens is 198 g/mol. The molecule has 0 amide bonds. The molecule has 0 aliphatic heterocycles. The Morgan fingerprint density at radius 2 is 1.79 bits per heavy atom. The van der Waals surface area contributed by atoms with Crippen LogP contribution in [0.4, 0.5) is 0 Å². The lowest BCUT2D eigenvalue weighted by molar-refractivity contribution is 0.480. The van der Waals surface area contributed by atoms with Gasteiger partial charge in [0, 0.05) is 11.2 Å². The Morgan fingerprint density at radius 1 is 1.00 bits per heavy atom. The maximum atomic E-state index is 5.75. The van der Waals surface area contributed by atoms with Crippen molar-refractivity contribution in [3.8, 4) is 11.5 Å². The van der Waals surface area contributed by atoms with E-state index in [1.165, 1.54) is 0 Å². The lowest BCUT2D eigenvalue weighted by Crippen LogP contribution is -1.83. The number of nitrogens with zero attached hydrogens (tertiary/aromatic N) is 1. The summed E-state index contributed by atoms with van der Waals surface area (Å²) < 4.78 is 5.51. The van der Waals surface area contributed by atoms with E-state index in [9.17, 15) is 0 Å². The summed E-state index contributed by atoms with van der Waals surface area (Å²) in [6.45, 7) is 0. The minimum absolute atomic E-state index is 0.698. The van der Waals surface area contributed by atoms with Gasteiger partial charge in [0.15, 0.2) is 0 Å². The number of hydrogen-bond donors (Lipinski definition) is 0. The molecule has 2 nitrogen and oxygen atoms in total. The van der Waals surface area contributed by atoms with E-state index in [1.807, 2.05) is 24.3 Å². The average molecular weight is 206 g/mol. The van der Waals surface area contributed by atoms with Gasteiger partial charge in [0.1, 0.15) is 11.5 Å². The monoisotopic (exact) mass is 205 g/mol. The maximum Gasteiger partial charge on any atom is 0.145 e. The number of ether oxygens (including phenoxy) is 1. The zero-order chi connectivity index (χ0) is 9.80. The summed E-state index contributed by atoms with van der Waals surface area (Å²) in [7, 11) is 0. The summed E-state index contributed by atoms with van der Waals surface area (Å²) in [6.07, 6.45) is 3.36. The van der Waals surface area contributed by atoms with Gasteiger partial charge < -0.3 is 4.74 Å². The first-order valence-corrected chi connectivity index (χ1v) is 4.56. The van der Waals surface area contributed by atoms with Gasteiger partial charge in [0.25, 0.3) is 0 Å². The molecular formula is C11H8ClNO. The van der Waals surface area contributed by atoms with Gasteiger partial charge in [-0.1, -0.05) is 11.6 Å². The van der Waals surface area contributed by atoms with Crippen LogP contribution in [0.5, 0.6) is 11.5 Å². The molecule has 2 aromatic rings. The minimum atomic E-state index is 0.698. The van der Waals surface area contributed by atoms with Gasteiger partial charge in [-0.05, 0) is 36.4 Å². The summed E-state index contributed by atoms with van der Waals surface area (Å²) in [5.74, 6) is 1.47. The van der Waals surface area contributed by atoms with Crippen molar-refractivity contribution in [1.82, 2.24) is 4.98 Å². The number of benzene rings is 1. The quantitative estimate of drug-likeness (QED) is 0.748. The SMILES string of the molecule is Clc1ccc(Oc2cccnc2)cc1. The minimum Gasteiger partial charge on any atom is -0.456 e. The highest BCUT2D eigenvalue weighted by Crippen LogP contribution is 2.21. The Morgan fingerprint density at radius 3 is 2.43 bits per heavy atom. The van der Waals surface area contributed by atoms with Crippen LogP contribution < -0.4 is 4.74 Å². The molecule has 0 aliphatic carbocycles.